The Bertz CT molecular complexity index is 353. The lowest BCUT2D eigenvalue weighted by Gasteiger charge is -2.31. The number of hydrogen-bond acceptors (Lipinski definition) is 2. The van der Waals surface area contributed by atoms with E-state index in [4.69, 9.17) is 4.74 Å². The van der Waals surface area contributed by atoms with Crippen molar-refractivity contribution in [1.29, 1.82) is 0 Å². The van der Waals surface area contributed by atoms with Crippen molar-refractivity contribution in [3.63, 3.8) is 0 Å². The lowest BCUT2D eigenvalue weighted by Crippen LogP contribution is -2.44. The zero-order chi connectivity index (χ0) is 11.8. The number of hydrogen-bond donors (Lipinski definition) is 0. The molecule has 2 rings (SSSR count). The monoisotopic (exact) mass is 221 g/mol. The van der Waals surface area contributed by atoms with E-state index in [1.165, 1.54) is 11.1 Å². The summed E-state index contributed by atoms with van der Waals surface area (Å²) in [6.07, 6.45) is 4.56. The molecule has 2 aliphatic rings. The number of amides is 1. The topological polar surface area (TPSA) is 29.5 Å². The first-order valence-corrected chi connectivity index (χ1v) is 5.78. The molecule has 0 aromatic carbocycles. The molecule has 1 amide bonds. The molecule has 88 valence electrons. The second-order valence-corrected chi connectivity index (χ2v) is 4.68. The van der Waals surface area contributed by atoms with Crippen molar-refractivity contribution < 1.29 is 9.53 Å². The van der Waals surface area contributed by atoms with Crippen molar-refractivity contribution in [1.82, 2.24) is 4.90 Å². The molecule has 0 bridgehead atoms. The highest BCUT2D eigenvalue weighted by atomic mass is 16.5. The van der Waals surface area contributed by atoms with Gasteiger partial charge in [0.05, 0.1) is 0 Å². The van der Waals surface area contributed by atoms with Gasteiger partial charge in [-0.15, -0.1) is 0 Å². The number of nitrogens with zero attached hydrogens (tertiary/aromatic N) is 1. The zero-order valence-electron chi connectivity index (χ0n) is 10.1. The lowest BCUT2D eigenvalue weighted by atomic mass is 10.0. The highest BCUT2D eigenvalue weighted by molar-refractivity contribution is 5.88. The fraction of sp³-hybridized carbons (Fsp3) is 0.615. The molecule has 0 N–H and O–H groups in total. The summed E-state index contributed by atoms with van der Waals surface area (Å²) in [7, 11) is 1.63. The van der Waals surface area contributed by atoms with E-state index in [1.54, 1.807) is 7.11 Å². The standard InChI is InChI=1S/C13H19NO2/c1-4-11-5-8-14(9-10(11)2)12(15)13(16-3)6-7-13/h4H,1,5-9H2,2-3H3. The van der Waals surface area contributed by atoms with Gasteiger partial charge < -0.3 is 9.64 Å². The maximum atomic E-state index is 12.2. The van der Waals surface area contributed by atoms with Crippen LogP contribution in [0.25, 0.3) is 0 Å². The summed E-state index contributed by atoms with van der Waals surface area (Å²) in [5.41, 5.74) is 2.05. The lowest BCUT2D eigenvalue weighted by molar-refractivity contribution is -0.144. The van der Waals surface area contributed by atoms with Crippen LogP contribution in [0.4, 0.5) is 0 Å². The van der Waals surface area contributed by atoms with Gasteiger partial charge in [-0.25, -0.2) is 0 Å². The minimum Gasteiger partial charge on any atom is -0.368 e. The van der Waals surface area contributed by atoms with Crippen molar-refractivity contribution in [2.45, 2.75) is 31.8 Å². The highest BCUT2D eigenvalue weighted by Gasteiger charge is 2.52. The van der Waals surface area contributed by atoms with E-state index in [9.17, 15) is 4.79 Å². The van der Waals surface area contributed by atoms with Gasteiger partial charge in [-0.1, -0.05) is 18.2 Å². The fourth-order valence-corrected chi connectivity index (χ4v) is 2.29. The van der Waals surface area contributed by atoms with E-state index >= 15 is 0 Å². The average molecular weight is 221 g/mol. The first kappa shape index (κ1) is 11.4. The van der Waals surface area contributed by atoms with Gasteiger partial charge in [-0.05, 0) is 31.8 Å². The van der Waals surface area contributed by atoms with Crippen LogP contribution in [0.5, 0.6) is 0 Å². The Hall–Kier alpha value is -1.09. The Morgan fingerprint density at radius 1 is 1.56 bits per heavy atom. The van der Waals surface area contributed by atoms with E-state index in [0.29, 0.717) is 0 Å². The smallest absolute Gasteiger partial charge is 0.255 e. The first-order chi connectivity index (χ1) is 7.63. The normalized spacial score (nSPS) is 23.2. The molecule has 3 nitrogen and oxygen atoms in total. The van der Waals surface area contributed by atoms with Crippen molar-refractivity contribution in [2.24, 2.45) is 0 Å². The van der Waals surface area contributed by atoms with E-state index < -0.39 is 5.60 Å². The van der Waals surface area contributed by atoms with Crippen LogP contribution in [0.3, 0.4) is 0 Å². The molecule has 0 spiro atoms. The SMILES string of the molecule is C=CC1=C(C)CN(C(=O)C2(OC)CC2)CC1. The Labute approximate surface area is 96.8 Å². The average Bonchev–Trinajstić information content (AvgIpc) is 3.09. The largest absolute Gasteiger partial charge is 0.368 e. The third kappa shape index (κ3) is 1.80. The summed E-state index contributed by atoms with van der Waals surface area (Å²) in [5, 5.41) is 0. The van der Waals surface area contributed by atoms with E-state index in [0.717, 1.165) is 32.4 Å². The van der Waals surface area contributed by atoms with Crippen molar-refractivity contribution >= 4 is 5.91 Å². The number of methoxy groups -OCH3 is 1. The van der Waals surface area contributed by atoms with Gasteiger partial charge in [0.1, 0.15) is 5.60 Å². The third-order valence-corrected chi connectivity index (χ3v) is 3.65. The molecule has 0 unspecified atom stereocenters. The number of allylic oxidation sites excluding steroid dienone is 1. The summed E-state index contributed by atoms with van der Waals surface area (Å²) in [6.45, 7) is 7.39. The van der Waals surface area contributed by atoms with Crippen LogP contribution >= 0.6 is 0 Å². The molecule has 3 heteroatoms. The van der Waals surface area contributed by atoms with E-state index in [2.05, 4.69) is 13.5 Å². The molecular formula is C13H19NO2. The molecule has 16 heavy (non-hydrogen) atoms. The Morgan fingerprint density at radius 3 is 2.69 bits per heavy atom. The molecule has 0 radical (unpaired) electrons. The predicted octanol–water partition coefficient (Wildman–Crippen LogP) is 1.90. The van der Waals surface area contributed by atoms with Crippen LogP contribution in [0.15, 0.2) is 23.8 Å². The minimum atomic E-state index is -0.480. The summed E-state index contributed by atoms with van der Waals surface area (Å²) in [4.78, 5) is 14.1. The molecule has 1 heterocycles. The summed E-state index contributed by atoms with van der Waals surface area (Å²) >= 11 is 0. The maximum absolute atomic E-state index is 12.2. The second-order valence-electron chi connectivity index (χ2n) is 4.68. The molecule has 1 aliphatic heterocycles. The molecular weight excluding hydrogens is 202 g/mol. The van der Waals surface area contributed by atoms with Crippen LogP contribution in [-0.2, 0) is 9.53 Å². The van der Waals surface area contributed by atoms with Crippen molar-refractivity contribution in [3.05, 3.63) is 23.8 Å². The van der Waals surface area contributed by atoms with E-state index in [1.807, 2.05) is 11.0 Å². The summed E-state index contributed by atoms with van der Waals surface area (Å²) in [6, 6.07) is 0. The quantitative estimate of drug-likeness (QED) is 0.728. The van der Waals surface area contributed by atoms with Crippen molar-refractivity contribution in [3.8, 4) is 0 Å². The number of carbonyl (C=O) groups excluding carboxylic acids is 1. The molecule has 1 saturated carbocycles. The van der Waals surface area contributed by atoms with Crippen LogP contribution < -0.4 is 0 Å². The molecule has 0 saturated heterocycles. The molecule has 0 aromatic heterocycles. The highest BCUT2D eigenvalue weighted by Crippen LogP contribution is 2.41. The van der Waals surface area contributed by atoms with Crippen LogP contribution in [0.2, 0.25) is 0 Å². The molecule has 0 atom stereocenters. The van der Waals surface area contributed by atoms with Crippen molar-refractivity contribution in [2.75, 3.05) is 20.2 Å². The molecule has 1 fully saturated rings. The number of ether oxygens (including phenoxy) is 1. The first-order valence-electron chi connectivity index (χ1n) is 5.78. The van der Waals surface area contributed by atoms with Gasteiger partial charge in [0, 0.05) is 20.2 Å². The van der Waals surface area contributed by atoms with Gasteiger partial charge in [0.15, 0.2) is 0 Å². The van der Waals surface area contributed by atoms with Crippen LogP contribution in [0.1, 0.15) is 26.2 Å². The van der Waals surface area contributed by atoms with Gasteiger partial charge in [0.25, 0.3) is 5.91 Å². The third-order valence-electron chi connectivity index (χ3n) is 3.65. The molecule has 1 aliphatic carbocycles. The van der Waals surface area contributed by atoms with Crippen LogP contribution in [-0.4, -0.2) is 36.6 Å². The Balaban J connectivity index is 2.06. The maximum Gasteiger partial charge on any atom is 0.255 e. The molecule has 0 aromatic rings. The minimum absolute atomic E-state index is 0.164. The van der Waals surface area contributed by atoms with Gasteiger partial charge in [-0.2, -0.15) is 0 Å². The Morgan fingerprint density at radius 2 is 2.25 bits per heavy atom. The number of carbonyl (C=O) groups is 1. The summed E-state index contributed by atoms with van der Waals surface area (Å²) < 4.78 is 5.32. The van der Waals surface area contributed by atoms with Gasteiger partial charge in [-0.3, -0.25) is 4.79 Å². The van der Waals surface area contributed by atoms with Crippen LogP contribution in [0, 0.1) is 0 Å². The fourth-order valence-electron chi connectivity index (χ4n) is 2.29. The van der Waals surface area contributed by atoms with Gasteiger partial charge >= 0.3 is 0 Å². The van der Waals surface area contributed by atoms with Gasteiger partial charge in [0.2, 0.25) is 0 Å². The van der Waals surface area contributed by atoms with E-state index in [-0.39, 0.29) is 5.91 Å². The second kappa shape index (κ2) is 4.06. The summed E-state index contributed by atoms with van der Waals surface area (Å²) in [5.74, 6) is 0.164. The zero-order valence-corrected chi connectivity index (χ0v) is 10.1. The number of rotatable bonds is 3. The Kier molecular flexibility index (Phi) is 2.89. The predicted molar refractivity (Wildman–Crippen MR) is 63.1 cm³/mol.